The van der Waals surface area contributed by atoms with Crippen molar-refractivity contribution >= 4 is 28.6 Å². The van der Waals surface area contributed by atoms with Crippen molar-refractivity contribution in [3.8, 4) is 0 Å². The van der Waals surface area contributed by atoms with Gasteiger partial charge in [-0.2, -0.15) is 5.10 Å². The van der Waals surface area contributed by atoms with E-state index in [9.17, 15) is 14.4 Å². The van der Waals surface area contributed by atoms with Gasteiger partial charge in [0.2, 0.25) is 11.8 Å². The number of amides is 3. The Morgan fingerprint density at radius 2 is 2.20 bits per heavy atom. The molecule has 102 valence electrons. The van der Waals surface area contributed by atoms with Crippen molar-refractivity contribution in [2.24, 2.45) is 0 Å². The molecule has 0 radical (unpaired) electrons. The fourth-order valence-electron chi connectivity index (χ4n) is 2.23. The van der Waals surface area contributed by atoms with Crippen molar-refractivity contribution in [2.75, 3.05) is 0 Å². The first-order valence-corrected chi connectivity index (χ1v) is 6.22. The van der Waals surface area contributed by atoms with E-state index in [2.05, 4.69) is 20.8 Å². The fourth-order valence-corrected chi connectivity index (χ4v) is 2.23. The number of carbonyl (C=O) groups is 3. The molecule has 1 aromatic heterocycles. The summed E-state index contributed by atoms with van der Waals surface area (Å²) in [6, 6.07) is 4.53. The SMILES string of the molecule is O=C1CCC(NC(=O)c2cccc3[nH]ncc23)C(=O)N1. The zero-order chi connectivity index (χ0) is 14.1. The molecule has 0 aliphatic carbocycles. The Balaban J connectivity index is 1.81. The van der Waals surface area contributed by atoms with Crippen molar-refractivity contribution in [2.45, 2.75) is 18.9 Å². The monoisotopic (exact) mass is 272 g/mol. The smallest absolute Gasteiger partial charge is 0.252 e. The molecule has 0 bridgehead atoms. The molecule has 1 unspecified atom stereocenters. The van der Waals surface area contributed by atoms with E-state index in [1.807, 2.05) is 6.07 Å². The largest absolute Gasteiger partial charge is 0.340 e. The van der Waals surface area contributed by atoms with Gasteiger partial charge >= 0.3 is 0 Å². The second-order valence-electron chi connectivity index (χ2n) is 4.61. The first kappa shape index (κ1) is 12.3. The lowest BCUT2D eigenvalue weighted by Crippen LogP contribution is -2.52. The minimum atomic E-state index is -0.678. The van der Waals surface area contributed by atoms with E-state index in [-0.39, 0.29) is 18.2 Å². The molecule has 0 saturated carbocycles. The molecule has 20 heavy (non-hydrogen) atoms. The molecule has 1 atom stereocenters. The number of imide groups is 1. The van der Waals surface area contributed by atoms with E-state index in [4.69, 9.17) is 0 Å². The van der Waals surface area contributed by atoms with Gasteiger partial charge in [0, 0.05) is 11.8 Å². The lowest BCUT2D eigenvalue weighted by atomic mass is 10.0. The lowest BCUT2D eigenvalue weighted by molar-refractivity contribution is -0.134. The third-order valence-corrected chi connectivity index (χ3v) is 3.27. The maximum Gasteiger partial charge on any atom is 0.252 e. The van der Waals surface area contributed by atoms with Gasteiger partial charge in [0.1, 0.15) is 6.04 Å². The third-order valence-electron chi connectivity index (χ3n) is 3.27. The van der Waals surface area contributed by atoms with Gasteiger partial charge < -0.3 is 5.32 Å². The minimum absolute atomic E-state index is 0.229. The standard InChI is InChI=1S/C13H12N4O3/c18-11-5-4-10(13(20)16-11)15-12(19)7-2-1-3-9-8(7)6-14-17-9/h1-3,6,10H,4-5H2,(H,14,17)(H,15,19)(H,16,18,20). The van der Waals surface area contributed by atoms with Gasteiger partial charge in [-0.25, -0.2) is 0 Å². The van der Waals surface area contributed by atoms with Gasteiger partial charge in [0.15, 0.2) is 0 Å². The Morgan fingerprint density at radius 3 is 3.00 bits per heavy atom. The summed E-state index contributed by atoms with van der Waals surface area (Å²) < 4.78 is 0. The van der Waals surface area contributed by atoms with Gasteiger partial charge in [-0.15, -0.1) is 0 Å². The van der Waals surface area contributed by atoms with Gasteiger partial charge in [0.05, 0.1) is 17.3 Å². The van der Waals surface area contributed by atoms with Crippen LogP contribution in [0.15, 0.2) is 24.4 Å². The summed E-state index contributed by atoms with van der Waals surface area (Å²) in [5, 5.41) is 12.2. The van der Waals surface area contributed by atoms with Crippen LogP contribution in [0.3, 0.4) is 0 Å². The summed E-state index contributed by atoms with van der Waals surface area (Å²) in [6.45, 7) is 0. The molecular formula is C13H12N4O3. The molecule has 2 heterocycles. The highest BCUT2D eigenvalue weighted by atomic mass is 16.2. The summed E-state index contributed by atoms with van der Waals surface area (Å²) >= 11 is 0. The fraction of sp³-hybridized carbons (Fsp3) is 0.231. The number of hydrogen-bond donors (Lipinski definition) is 3. The van der Waals surface area contributed by atoms with Crippen molar-refractivity contribution in [1.82, 2.24) is 20.8 Å². The number of nitrogens with zero attached hydrogens (tertiary/aromatic N) is 1. The van der Waals surface area contributed by atoms with Gasteiger partial charge in [0.25, 0.3) is 5.91 Å². The number of fused-ring (bicyclic) bond motifs is 1. The van der Waals surface area contributed by atoms with Crippen LogP contribution in [0.25, 0.3) is 10.9 Å². The topological polar surface area (TPSA) is 104 Å². The van der Waals surface area contributed by atoms with Crippen LogP contribution in [-0.4, -0.2) is 34.0 Å². The van der Waals surface area contributed by atoms with E-state index in [0.717, 1.165) is 5.52 Å². The molecule has 3 rings (SSSR count). The maximum atomic E-state index is 12.2. The van der Waals surface area contributed by atoms with Crippen molar-refractivity contribution < 1.29 is 14.4 Å². The quantitative estimate of drug-likeness (QED) is 0.674. The van der Waals surface area contributed by atoms with Crippen LogP contribution in [0, 0.1) is 0 Å². The molecule has 2 aromatic rings. The minimum Gasteiger partial charge on any atom is -0.340 e. The number of piperidine rings is 1. The second kappa shape index (κ2) is 4.76. The predicted molar refractivity (Wildman–Crippen MR) is 69.7 cm³/mol. The van der Waals surface area contributed by atoms with Gasteiger partial charge in [-0.1, -0.05) is 6.07 Å². The Hall–Kier alpha value is -2.70. The van der Waals surface area contributed by atoms with Crippen LogP contribution >= 0.6 is 0 Å². The van der Waals surface area contributed by atoms with Crippen molar-refractivity contribution in [1.29, 1.82) is 0 Å². The van der Waals surface area contributed by atoms with Gasteiger partial charge in [-0.05, 0) is 18.6 Å². The number of hydrogen-bond acceptors (Lipinski definition) is 4. The summed E-state index contributed by atoms with van der Waals surface area (Å²) in [5.74, 6) is -1.13. The molecule has 7 heteroatoms. The zero-order valence-corrected chi connectivity index (χ0v) is 10.5. The first-order valence-electron chi connectivity index (χ1n) is 6.22. The van der Waals surface area contributed by atoms with Crippen molar-refractivity contribution in [3.63, 3.8) is 0 Å². The molecular weight excluding hydrogens is 260 g/mol. The van der Waals surface area contributed by atoms with Gasteiger partial charge in [-0.3, -0.25) is 24.8 Å². The van der Waals surface area contributed by atoms with E-state index < -0.39 is 11.9 Å². The van der Waals surface area contributed by atoms with Crippen molar-refractivity contribution in [3.05, 3.63) is 30.0 Å². The molecule has 7 nitrogen and oxygen atoms in total. The molecule has 1 fully saturated rings. The normalized spacial score (nSPS) is 18.9. The number of benzene rings is 1. The van der Waals surface area contributed by atoms with Crippen LogP contribution in [0.1, 0.15) is 23.2 Å². The Kier molecular flexibility index (Phi) is 2.94. The lowest BCUT2D eigenvalue weighted by Gasteiger charge is -2.21. The molecule has 1 saturated heterocycles. The number of carbonyl (C=O) groups excluding carboxylic acids is 3. The summed E-state index contributed by atoms with van der Waals surface area (Å²) in [6.07, 6.45) is 2.11. The van der Waals surface area contributed by atoms with E-state index in [1.165, 1.54) is 0 Å². The summed E-state index contributed by atoms with van der Waals surface area (Å²) in [4.78, 5) is 34.9. The predicted octanol–water partition coefficient (Wildman–Crippen LogP) is 0.0979. The Bertz CT molecular complexity index is 706. The van der Waals surface area contributed by atoms with Crippen LogP contribution < -0.4 is 10.6 Å². The molecule has 0 spiro atoms. The van der Waals surface area contributed by atoms with Crippen LogP contribution in [0.4, 0.5) is 0 Å². The maximum absolute atomic E-state index is 12.2. The highest BCUT2D eigenvalue weighted by Crippen LogP contribution is 2.16. The van der Waals surface area contributed by atoms with E-state index in [1.54, 1.807) is 18.3 Å². The average Bonchev–Trinajstić information content (AvgIpc) is 2.90. The number of aromatic nitrogens is 2. The number of aromatic amines is 1. The molecule has 3 amide bonds. The molecule has 1 aromatic carbocycles. The number of H-pyrrole nitrogens is 1. The highest BCUT2D eigenvalue weighted by molar-refractivity contribution is 6.08. The summed E-state index contributed by atoms with van der Waals surface area (Å²) in [7, 11) is 0. The van der Waals surface area contributed by atoms with E-state index in [0.29, 0.717) is 17.4 Å². The third kappa shape index (κ3) is 2.13. The second-order valence-corrected chi connectivity index (χ2v) is 4.61. The molecule has 1 aliphatic rings. The highest BCUT2D eigenvalue weighted by Gasteiger charge is 2.28. The first-order chi connectivity index (χ1) is 9.65. The number of rotatable bonds is 2. The Labute approximate surface area is 113 Å². The van der Waals surface area contributed by atoms with E-state index >= 15 is 0 Å². The van der Waals surface area contributed by atoms with Crippen LogP contribution in [0.5, 0.6) is 0 Å². The Morgan fingerprint density at radius 1 is 1.35 bits per heavy atom. The summed E-state index contributed by atoms with van der Waals surface area (Å²) in [5.41, 5.74) is 1.20. The number of nitrogens with one attached hydrogen (secondary N) is 3. The zero-order valence-electron chi connectivity index (χ0n) is 10.5. The van der Waals surface area contributed by atoms with Crippen LogP contribution in [-0.2, 0) is 9.59 Å². The van der Waals surface area contributed by atoms with Crippen LogP contribution in [0.2, 0.25) is 0 Å². The molecule has 1 aliphatic heterocycles. The molecule has 3 N–H and O–H groups in total. The average molecular weight is 272 g/mol.